The van der Waals surface area contributed by atoms with Gasteiger partial charge in [0.05, 0.1) is 0 Å². The summed E-state index contributed by atoms with van der Waals surface area (Å²) in [6.07, 6.45) is 0. The standard InChI is InChI=1S/C9H13NO/c1-6-3-7(2)9(11)4-8(6)5-10/h3-4,11H,5,10H2,1-2H3. The van der Waals surface area contributed by atoms with E-state index in [2.05, 4.69) is 0 Å². The molecule has 0 aliphatic carbocycles. The molecule has 11 heavy (non-hydrogen) atoms. The first-order valence-corrected chi connectivity index (χ1v) is 3.64. The minimum Gasteiger partial charge on any atom is -0.508 e. The van der Waals surface area contributed by atoms with E-state index in [-0.39, 0.29) is 0 Å². The molecule has 0 saturated carbocycles. The highest BCUT2D eigenvalue weighted by Crippen LogP contribution is 2.20. The van der Waals surface area contributed by atoms with Crippen LogP contribution in [0.5, 0.6) is 5.75 Å². The molecule has 3 N–H and O–H groups in total. The fourth-order valence-corrected chi connectivity index (χ4v) is 1.10. The molecule has 0 radical (unpaired) electrons. The maximum Gasteiger partial charge on any atom is 0.118 e. The molecule has 2 nitrogen and oxygen atoms in total. The normalized spacial score (nSPS) is 10.1. The molecule has 1 aromatic carbocycles. The Hall–Kier alpha value is -1.02. The molecular weight excluding hydrogens is 138 g/mol. The minimum absolute atomic E-state index is 0.330. The van der Waals surface area contributed by atoms with Crippen LogP contribution in [0.2, 0.25) is 0 Å². The van der Waals surface area contributed by atoms with E-state index in [0.29, 0.717) is 12.3 Å². The Balaban J connectivity index is 3.21. The molecule has 0 heterocycles. The summed E-state index contributed by atoms with van der Waals surface area (Å²) in [5.74, 6) is 0.330. The van der Waals surface area contributed by atoms with Crippen molar-refractivity contribution in [2.75, 3.05) is 0 Å². The molecule has 0 spiro atoms. The third-order valence-electron chi connectivity index (χ3n) is 1.87. The Labute approximate surface area is 66.7 Å². The van der Waals surface area contributed by atoms with Crippen LogP contribution in [0.4, 0.5) is 0 Å². The van der Waals surface area contributed by atoms with E-state index in [9.17, 15) is 5.11 Å². The summed E-state index contributed by atoms with van der Waals surface area (Å²) in [5.41, 5.74) is 8.51. The van der Waals surface area contributed by atoms with Gasteiger partial charge >= 0.3 is 0 Å². The molecule has 0 amide bonds. The third-order valence-corrected chi connectivity index (χ3v) is 1.87. The molecule has 0 fully saturated rings. The number of phenols is 1. The number of hydrogen-bond acceptors (Lipinski definition) is 2. The van der Waals surface area contributed by atoms with Gasteiger partial charge in [-0.1, -0.05) is 6.07 Å². The fraction of sp³-hybridized carbons (Fsp3) is 0.333. The average molecular weight is 151 g/mol. The zero-order valence-electron chi connectivity index (χ0n) is 6.89. The van der Waals surface area contributed by atoms with Crippen LogP contribution in [0.15, 0.2) is 12.1 Å². The van der Waals surface area contributed by atoms with Crippen LogP contribution in [0.3, 0.4) is 0 Å². The molecule has 0 aliphatic rings. The first-order chi connectivity index (χ1) is 5.15. The van der Waals surface area contributed by atoms with E-state index in [1.54, 1.807) is 6.07 Å². The van der Waals surface area contributed by atoms with Crippen LogP contribution in [-0.2, 0) is 6.54 Å². The predicted octanol–water partition coefficient (Wildman–Crippen LogP) is 1.47. The number of rotatable bonds is 1. The molecule has 0 atom stereocenters. The molecule has 0 saturated heterocycles. The molecule has 60 valence electrons. The minimum atomic E-state index is 0.330. The SMILES string of the molecule is Cc1cc(C)c(CN)cc1O. The molecule has 0 aromatic heterocycles. The second-order valence-corrected chi connectivity index (χ2v) is 2.77. The quantitative estimate of drug-likeness (QED) is 0.638. The van der Waals surface area contributed by atoms with Crippen molar-refractivity contribution in [2.24, 2.45) is 5.73 Å². The maximum absolute atomic E-state index is 9.30. The largest absolute Gasteiger partial charge is 0.508 e. The Kier molecular flexibility index (Phi) is 2.15. The summed E-state index contributed by atoms with van der Waals surface area (Å²) in [6, 6.07) is 3.67. The van der Waals surface area contributed by atoms with Crippen molar-refractivity contribution in [3.8, 4) is 5.75 Å². The maximum atomic E-state index is 9.30. The van der Waals surface area contributed by atoms with Crippen molar-refractivity contribution in [2.45, 2.75) is 20.4 Å². The zero-order chi connectivity index (χ0) is 8.43. The van der Waals surface area contributed by atoms with Gasteiger partial charge in [-0.2, -0.15) is 0 Å². The van der Waals surface area contributed by atoms with Gasteiger partial charge in [0.2, 0.25) is 0 Å². The van der Waals surface area contributed by atoms with Crippen LogP contribution in [0, 0.1) is 13.8 Å². The Morgan fingerprint density at radius 1 is 1.27 bits per heavy atom. The second-order valence-electron chi connectivity index (χ2n) is 2.77. The summed E-state index contributed by atoms with van der Waals surface area (Å²) in [5, 5.41) is 9.30. The van der Waals surface area contributed by atoms with E-state index < -0.39 is 0 Å². The summed E-state index contributed by atoms with van der Waals surface area (Å²) < 4.78 is 0. The van der Waals surface area contributed by atoms with Gasteiger partial charge in [0.25, 0.3) is 0 Å². The highest BCUT2D eigenvalue weighted by atomic mass is 16.3. The highest BCUT2D eigenvalue weighted by molar-refractivity contribution is 5.40. The van der Waals surface area contributed by atoms with Gasteiger partial charge in [-0.05, 0) is 36.6 Å². The van der Waals surface area contributed by atoms with Gasteiger partial charge in [0.15, 0.2) is 0 Å². The zero-order valence-corrected chi connectivity index (χ0v) is 6.89. The van der Waals surface area contributed by atoms with Crippen LogP contribution < -0.4 is 5.73 Å². The van der Waals surface area contributed by atoms with Gasteiger partial charge in [0.1, 0.15) is 5.75 Å². The van der Waals surface area contributed by atoms with Crippen molar-refractivity contribution in [1.82, 2.24) is 0 Å². The lowest BCUT2D eigenvalue weighted by atomic mass is 10.1. The van der Waals surface area contributed by atoms with Crippen LogP contribution in [0.25, 0.3) is 0 Å². The second kappa shape index (κ2) is 2.93. The van der Waals surface area contributed by atoms with E-state index in [4.69, 9.17) is 5.73 Å². The lowest BCUT2D eigenvalue weighted by molar-refractivity contribution is 0.470. The number of hydrogen-bond donors (Lipinski definition) is 2. The fourth-order valence-electron chi connectivity index (χ4n) is 1.10. The van der Waals surface area contributed by atoms with Crippen molar-refractivity contribution in [3.63, 3.8) is 0 Å². The van der Waals surface area contributed by atoms with Gasteiger partial charge in [-0.15, -0.1) is 0 Å². The number of benzene rings is 1. The summed E-state index contributed by atoms with van der Waals surface area (Å²) in [4.78, 5) is 0. The Bertz CT molecular complexity index is 269. The van der Waals surface area contributed by atoms with E-state index in [0.717, 1.165) is 16.7 Å². The molecule has 0 unspecified atom stereocenters. The van der Waals surface area contributed by atoms with Gasteiger partial charge < -0.3 is 10.8 Å². The third kappa shape index (κ3) is 1.52. The van der Waals surface area contributed by atoms with E-state index in [1.807, 2.05) is 19.9 Å². The molecule has 1 aromatic rings. The first-order valence-electron chi connectivity index (χ1n) is 3.64. The monoisotopic (exact) mass is 151 g/mol. The number of nitrogens with two attached hydrogens (primary N) is 1. The van der Waals surface area contributed by atoms with Crippen LogP contribution in [-0.4, -0.2) is 5.11 Å². The highest BCUT2D eigenvalue weighted by Gasteiger charge is 2.00. The molecular formula is C9H13NO. The van der Waals surface area contributed by atoms with E-state index >= 15 is 0 Å². The smallest absolute Gasteiger partial charge is 0.118 e. The van der Waals surface area contributed by atoms with Gasteiger partial charge in [0, 0.05) is 6.54 Å². The van der Waals surface area contributed by atoms with Gasteiger partial charge in [-0.25, -0.2) is 0 Å². The number of aromatic hydroxyl groups is 1. The van der Waals surface area contributed by atoms with Crippen molar-refractivity contribution >= 4 is 0 Å². The lowest BCUT2D eigenvalue weighted by Crippen LogP contribution is -1.99. The topological polar surface area (TPSA) is 46.2 Å². The molecule has 2 heteroatoms. The number of aryl methyl sites for hydroxylation is 2. The van der Waals surface area contributed by atoms with Crippen LogP contribution in [0.1, 0.15) is 16.7 Å². The van der Waals surface area contributed by atoms with E-state index in [1.165, 1.54) is 0 Å². The number of phenolic OH excluding ortho intramolecular Hbond substituents is 1. The first kappa shape index (κ1) is 8.08. The Morgan fingerprint density at radius 2 is 1.91 bits per heavy atom. The summed E-state index contributed by atoms with van der Waals surface area (Å²) in [7, 11) is 0. The van der Waals surface area contributed by atoms with Crippen molar-refractivity contribution < 1.29 is 5.11 Å². The van der Waals surface area contributed by atoms with Crippen molar-refractivity contribution in [3.05, 3.63) is 28.8 Å². The molecule has 1 rings (SSSR count). The average Bonchev–Trinajstić information content (AvgIpc) is 1.97. The molecule has 0 bridgehead atoms. The predicted molar refractivity (Wildman–Crippen MR) is 45.5 cm³/mol. The lowest BCUT2D eigenvalue weighted by Gasteiger charge is -2.05. The van der Waals surface area contributed by atoms with Crippen LogP contribution >= 0.6 is 0 Å². The molecule has 0 aliphatic heterocycles. The Morgan fingerprint density at radius 3 is 2.45 bits per heavy atom. The summed E-state index contributed by atoms with van der Waals surface area (Å²) >= 11 is 0. The van der Waals surface area contributed by atoms with Gasteiger partial charge in [-0.3, -0.25) is 0 Å². The summed E-state index contributed by atoms with van der Waals surface area (Å²) in [6.45, 7) is 4.36. The van der Waals surface area contributed by atoms with Crippen molar-refractivity contribution in [1.29, 1.82) is 0 Å².